The second-order valence-electron chi connectivity index (χ2n) is 3.86. The fourth-order valence-electron chi connectivity index (χ4n) is 1.39. The van der Waals surface area contributed by atoms with Crippen LogP contribution in [0.3, 0.4) is 0 Å². The van der Waals surface area contributed by atoms with Gasteiger partial charge in [-0.1, -0.05) is 0 Å². The van der Waals surface area contributed by atoms with Crippen molar-refractivity contribution < 1.29 is 14.7 Å². The van der Waals surface area contributed by atoms with Crippen LogP contribution in [0.1, 0.15) is 22.5 Å². The average molecular weight is 268 g/mol. The van der Waals surface area contributed by atoms with Crippen LogP contribution in [0.25, 0.3) is 0 Å². The number of aryl methyl sites for hydroxylation is 1. The quantitative estimate of drug-likeness (QED) is 0.813. The van der Waals surface area contributed by atoms with Gasteiger partial charge in [-0.25, -0.2) is 4.79 Å². The molecule has 0 unspecified atom stereocenters. The molecule has 1 atom stereocenters. The topological polar surface area (TPSA) is 79.3 Å². The molecule has 0 fully saturated rings. The van der Waals surface area contributed by atoms with Crippen LogP contribution < -0.4 is 5.32 Å². The van der Waals surface area contributed by atoms with Gasteiger partial charge >= 0.3 is 5.97 Å². The number of amides is 1. The van der Waals surface area contributed by atoms with Gasteiger partial charge in [0.2, 0.25) is 0 Å². The normalized spacial score (nSPS) is 11.9. The summed E-state index contributed by atoms with van der Waals surface area (Å²) in [6.07, 6.45) is 3.82. The largest absolute Gasteiger partial charge is 0.480 e. The first kappa shape index (κ1) is 14.5. The highest BCUT2D eigenvalue weighted by atomic mass is 32.2. The van der Waals surface area contributed by atoms with Gasteiger partial charge in [0.05, 0.1) is 0 Å². The summed E-state index contributed by atoms with van der Waals surface area (Å²) in [4.78, 5) is 26.7. The number of aromatic nitrogens is 1. The Balaban J connectivity index is 2.69. The molecule has 98 valence electrons. The lowest BCUT2D eigenvalue weighted by Crippen LogP contribution is -2.41. The van der Waals surface area contributed by atoms with E-state index in [9.17, 15) is 9.59 Å². The van der Waals surface area contributed by atoms with Crippen LogP contribution in [0.5, 0.6) is 0 Å². The number of nitrogens with zero attached hydrogens (tertiary/aromatic N) is 1. The molecule has 0 aliphatic heterocycles. The molecule has 2 N–H and O–H groups in total. The Labute approximate surface area is 110 Å². The number of hydrogen-bond acceptors (Lipinski definition) is 4. The monoisotopic (exact) mass is 268 g/mol. The van der Waals surface area contributed by atoms with Crippen LogP contribution in [0, 0.1) is 6.92 Å². The number of hydrogen-bond donors (Lipinski definition) is 2. The van der Waals surface area contributed by atoms with Gasteiger partial charge in [-0.05, 0) is 43.0 Å². The second kappa shape index (κ2) is 7.00. The minimum Gasteiger partial charge on any atom is -0.480 e. The first-order chi connectivity index (χ1) is 8.54. The molecule has 1 aromatic heterocycles. The van der Waals surface area contributed by atoms with E-state index in [1.807, 2.05) is 13.2 Å². The zero-order valence-electron chi connectivity index (χ0n) is 10.3. The van der Waals surface area contributed by atoms with Crippen LogP contribution in [0.2, 0.25) is 0 Å². The van der Waals surface area contributed by atoms with Gasteiger partial charge in [0.25, 0.3) is 5.91 Å². The van der Waals surface area contributed by atoms with E-state index >= 15 is 0 Å². The zero-order valence-corrected chi connectivity index (χ0v) is 11.2. The minimum atomic E-state index is -1.02. The summed E-state index contributed by atoms with van der Waals surface area (Å²) in [6, 6.07) is 2.54. The predicted octanol–water partition coefficient (Wildman–Crippen LogP) is 1.33. The van der Waals surface area contributed by atoms with Crippen LogP contribution in [-0.4, -0.2) is 40.0 Å². The highest BCUT2D eigenvalue weighted by Crippen LogP contribution is 2.04. The fourth-order valence-corrected chi connectivity index (χ4v) is 1.86. The van der Waals surface area contributed by atoms with Crippen molar-refractivity contribution in [3.8, 4) is 0 Å². The van der Waals surface area contributed by atoms with Gasteiger partial charge in [0, 0.05) is 6.20 Å². The zero-order chi connectivity index (χ0) is 13.5. The van der Waals surface area contributed by atoms with Gasteiger partial charge in [-0.15, -0.1) is 0 Å². The Kier molecular flexibility index (Phi) is 5.64. The van der Waals surface area contributed by atoms with Gasteiger partial charge in [0.1, 0.15) is 11.7 Å². The van der Waals surface area contributed by atoms with Crippen molar-refractivity contribution in [2.24, 2.45) is 0 Å². The third-order valence-electron chi connectivity index (χ3n) is 2.36. The number of carbonyl (C=O) groups is 2. The van der Waals surface area contributed by atoms with Crippen molar-refractivity contribution in [1.82, 2.24) is 10.3 Å². The molecule has 0 bridgehead atoms. The van der Waals surface area contributed by atoms with Crippen LogP contribution >= 0.6 is 11.8 Å². The first-order valence-electron chi connectivity index (χ1n) is 5.50. The van der Waals surface area contributed by atoms with Crippen molar-refractivity contribution >= 4 is 23.6 Å². The molecule has 1 aromatic rings. The lowest BCUT2D eigenvalue weighted by Gasteiger charge is -2.13. The molecular formula is C12H16N2O3S. The maximum Gasteiger partial charge on any atom is 0.326 e. The molecule has 6 heteroatoms. The first-order valence-corrected chi connectivity index (χ1v) is 6.89. The average Bonchev–Trinajstić information content (AvgIpc) is 2.33. The maximum absolute atomic E-state index is 11.8. The second-order valence-corrected chi connectivity index (χ2v) is 4.85. The molecule has 5 nitrogen and oxygen atoms in total. The number of carbonyl (C=O) groups excluding carboxylic acids is 1. The van der Waals surface area contributed by atoms with Gasteiger partial charge in [-0.3, -0.25) is 9.78 Å². The number of rotatable bonds is 6. The summed E-state index contributed by atoms with van der Waals surface area (Å²) in [6.45, 7) is 1.85. The van der Waals surface area contributed by atoms with Crippen LogP contribution in [0.15, 0.2) is 18.3 Å². The third-order valence-corrected chi connectivity index (χ3v) is 3.01. The highest BCUT2D eigenvalue weighted by Gasteiger charge is 2.20. The minimum absolute atomic E-state index is 0.241. The maximum atomic E-state index is 11.8. The number of carboxylic acid groups (broad SMARTS) is 1. The van der Waals surface area contributed by atoms with E-state index in [-0.39, 0.29) is 5.69 Å². The van der Waals surface area contributed by atoms with E-state index in [0.717, 1.165) is 5.56 Å². The van der Waals surface area contributed by atoms with E-state index in [4.69, 9.17) is 5.11 Å². The van der Waals surface area contributed by atoms with Gasteiger partial charge < -0.3 is 10.4 Å². The Morgan fingerprint density at radius 3 is 2.83 bits per heavy atom. The Bertz CT molecular complexity index is 437. The predicted molar refractivity (Wildman–Crippen MR) is 70.9 cm³/mol. The standard InChI is InChI=1S/C12H16N2O3S/c1-8-3-5-13-10(7-8)11(15)14-9(12(16)17)4-6-18-2/h3,5,7,9H,4,6H2,1-2H3,(H,14,15)(H,16,17)/t9-/m0/s1. The van der Waals surface area contributed by atoms with Gasteiger partial charge in [0.15, 0.2) is 0 Å². The molecule has 0 saturated carbocycles. The van der Waals surface area contributed by atoms with Crippen LogP contribution in [0.4, 0.5) is 0 Å². The van der Waals surface area contributed by atoms with E-state index in [0.29, 0.717) is 12.2 Å². The van der Waals surface area contributed by atoms with Crippen molar-refractivity contribution in [2.45, 2.75) is 19.4 Å². The van der Waals surface area contributed by atoms with Crippen molar-refractivity contribution in [2.75, 3.05) is 12.0 Å². The number of thioether (sulfide) groups is 1. The molecule has 0 saturated heterocycles. The molecule has 1 amide bonds. The highest BCUT2D eigenvalue weighted by molar-refractivity contribution is 7.98. The molecule has 0 radical (unpaired) electrons. The summed E-state index contributed by atoms with van der Waals surface area (Å²) in [7, 11) is 0. The lowest BCUT2D eigenvalue weighted by molar-refractivity contribution is -0.139. The summed E-state index contributed by atoms with van der Waals surface area (Å²) in [5.41, 5.74) is 1.15. The van der Waals surface area contributed by atoms with E-state index in [2.05, 4.69) is 10.3 Å². The number of nitrogens with one attached hydrogen (secondary N) is 1. The number of pyridine rings is 1. The molecule has 0 aliphatic carbocycles. The fraction of sp³-hybridized carbons (Fsp3) is 0.417. The third kappa shape index (κ3) is 4.37. The number of aliphatic carboxylic acids is 1. The molecular weight excluding hydrogens is 252 g/mol. The Hall–Kier alpha value is -1.56. The summed E-state index contributed by atoms with van der Waals surface area (Å²) in [5.74, 6) is -0.796. The summed E-state index contributed by atoms with van der Waals surface area (Å²) < 4.78 is 0. The van der Waals surface area contributed by atoms with E-state index in [1.54, 1.807) is 23.9 Å². The number of carboxylic acids is 1. The smallest absolute Gasteiger partial charge is 0.326 e. The SMILES string of the molecule is CSCC[C@H](NC(=O)c1cc(C)ccn1)C(=O)O. The molecule has 0 aromatic carbocycles. The van der Waals surface area contributed by atoms with Crippen molar-refractivity contribution in [3.05, 3.63) is 29.6 Å². The van der Waals surface area contributed by atoms with Crippen LogP contribution in [-0.2, 0) is 4.79 Å². The lowest BCUT2D eigenvalue weighted by atomic mass is 10.2. The van der Waals surface area contributed by atoms with Crippen molar-refractivity contribution in [3.63, 3.8) is 0 Å². The van der Waals surface area contributed by atoms with E-state index in [1.165, 1.54) is 6.20 Å². The summed E-state index contributed by atoms with van der Waals surface area (Å²) >= 11 is 1.54. The molecule has 0 spiro atoms. The van der Waals surface area contributed by atoms with Gasteiger partial charge in [-0.2, -0.15) is 11.8 Å². The molecule has 1 heterocycles. The Morgan fingerprint density at radius 2 is 2.28 bits per heavy atom. The van der Waals surface area contributed by atoms with Crippen molar-refractivity contribution in [1.29, 1.82) is 0 Å². The van der Waals surface area contributed by atoms with E-state index < -0.39 is 17.9 Å². The Morgan fingerprint density at radius 1 is 1.56 bits per heavy atom. The summed E-state index contributed by atoms with van der Waals surface area (Å²) in [5, 5.41) is 11.5. The molecule has 18 heavy (non-hydrogen) atoms. The molecule has 0 aliphatic rings. The molecule has 1 rings (SSSR count).